The van der Waals surface area contributed by atoms with Gasteiger partial charge in [-0.1, -0.05) is 0 Å². The molecule has 4 nitrogen and oxygen atoms in total. The molecule has 4 heteroatoms. The average Bonchev–Trinajstić information content (AvgIpc) is 2.55. The van der Waals surface area contributed by atoms with Crippen molar-refractivity contribution < 1.29 is 9.90 Å². The molecule has 0 bridgehead atoms. The highest BCUT2D eigenvalue weighted by Gasteiger charge is 2.31. The fraction of sp³-hybridized carbons (Fsp3) is 0.636. The Morgan fingerprint density at radius 2 is 2.40 bits per heavy atom. The Hall–Kier alpha value is -1.32. The third-order valence-corrected chi connectivity index (χ3v) is 3.14. The molecule has 0 spiro atoms. The Bertz CT molecular complexity index is 396. The summed E-state index contributed by atoms with van der Waals surface area (Å²) in [5, 5.41) is 13.6. The van der Waals surface area contributed by atoms with Crippen molar-refractivity contribution in [3.8, 4) is 0 Å². The van der Waals surface area contributed by atoms with E-state index in [2.05, 4.69) is 5.10 Å². The lowest BCUT2D eigenvalue weighted by molar-refractivity contribution is -0.139. The minimum Gasteiger partial charge on any atom is -0.481 e. The normalized spacial score (nSPS) is 20.0. The second kappa shape index (κ2) is 3.68. The van der Waals surface area contributed by atoms with Gasteiger partial charge in [-0.2, -0.15) is 5.10 Å². The highest BCUT2D eigenvalue weighted by atomic mass is 16.4. The van der Waals surface area contributed by atoms with Crippen molar-refractivity contribution in [2.75, 3.05) is 0 Å². The van der Waals surface area contributed by atoms with Gasteiger partial charge in [-0.25, -0.2) is 0 Å². The van der Waals surface area contributed by atoms with E-state index in [1.807, 2.05) is 18.5 Å². The summed E-state index contributed by atoms with van der Waals surface area (Å²) in [6.07, 6.45) is 2.67. The Morgan fingerprint density at radius 3 is 3.00 bits per heavy atom. The Labute approximate surface area is 88.9 Å². The van der Waals surface area contributed by atoms with Crippen molar-refractivity contribution >= 4 is 5.97 Å². The van der Waals surface area contributed by atoms with Gasteiger partial charge in [0.15, 0.2) is 0 Å². The maximum atomic E-state index is 11.1. The molecule has 82 valence electrons. The molecule has 2 rings (SSSR count). The molecule has 0 radical (unpaired) electrons. The summed E-state index contributed by atoms with van der Waals surface area (Å²) in [5.41, 5.74) is 2.99. The molecule has 0 fully saturated rings. The van der Waals surface area contributed by atoms with Gasteiger partial charge in [0.1, 0.15) is 0 Å². The van der Waals surface area contributed by atoms with Crippen molar-refractivity contribution in [1.82, 2.24) is 9.78 Å². The first-order valence-electron chi connectivity index (χ1n) is 5.44. The second-order valence-electron chi connectivity index (χ2n) is 4.04. The molecule has 1 N–H and O–H groups in total. The van der Waals surface area contributed by atoms with Gasteiger partial charge in [0.05, 0.1) is 11.6 Å². The molecule has 1 aromatic rings. The summed E-state index contributed by atoms with van der Waals surface area (Å²) < 4.78 is 1.94. The summed E-state index contributed by atoms with van der Waals surface area (Å²) in [7, 11) is 0. The summed E-state index contributed by atoms with van der Waals surface area (Å²) >= 11 is 0. The van der Waals surface area contributed by atoms with Crippen LogP contribution in [-0.4, -0.2) is 20.9 Å². The maximum Gasteiger partial charge on any atom is 0.311 e. The van der Waals surface area contributed by atoms with E-state index in [-0.39, 0.29) is 5.92 Å². The van der Waals surface area contributed by atoms with Gasteiger partial charge in [-0.15, -0.1) is 0 Å². The van der Waals surface area contributed by atoms with Gasteiger partial charge < -0.3 is 5.11 Å². The van der Waals surface area contributed by atoms with Crippen LogP contribution in [0, 0.1) is 6.92 Å². The number of carbonyl (C=O) groups is 1. The van der Waals surface area contributed by atoms with E-state index in [1.54, 1.807) is 0 Å². The predicted molar refractivity (Wildman–Crippen MR) is 56.0 cm³/mol. The van der Waals surface area contributed by atoms with Crippen LogP contribution in [0.5, 0.6) is 0 Å². The van der Waals surface area contributed by atoms with Crippen LogP contribution in [0.2, 0.25) is 0 Å². The third kappa shape index (κ3) is 1.54. The molecule has 0 aromatic carbocycles. The van der Waals surface area contributed by atoms with Crippen molar-refractivity contribution in [2.45, 2.75) is 45.6 Å². The molecule has 15 heavy (non-hydrogen) atoms. The van der Waals surface area contributed by atoms with Crippen LogP contribution in [0.4, 0.5) is 0 Å². The summed E-state index contributed by atoms with van der Waals surface area (Å²) in [6, 6.07) is 0. The second-order valence-corrected chi connectivity index (χ2v) is 4.04. The van der Waals surface area contributed by atoms with Crippen molar-refractivity contribution in [1.29, 1.82) is 0 Å². The predicted octanol–water partition coefficient (Wildman–Crippen LogP) is 1.72. The van der Waals surface area contributed by atoms with E-state index >= 15 is 0 Å². The highest BCUT2D eigenvalue weighted by Crippen LogP contribution is 2.33. The van der Waals surface area contributed by atoms with E-state index in [0.717, 1.165) is 42.8 Å². The quantitative estimate of drug-likeness (QED) is 0.805. The van der Waals surface area contributed by atoms with Gasteiger partial charge in [-0.05, 0) is 33.1 Å². The zero-order valence-corrected chi connectivity index (χ0v) is 9.16. The Kier molecular flexibility index (Phi) is 2.50. The van der Waals surface area contributed by atoms with Gasteiger partial charge in [0.2, 0.25) is 0 Å². The fourth-order valence-corrected chi connectivity index (χ4v) is 2.49. The third-order valence-electron chi connectivity index (χ3n) is 3.14. The lowest BCUT2D eigenvalue weighted by Crippen LogP contribution is -2.19. The topological polar surface area (TPSA) is 55.1 Å². The molecule has 0 aliphatic heterocycles. The largest absolute Gasteiger partial charge is 0.481 e. The number of carboxylic acid groups (broad SMARTS) is 1. The number of aliphatic carboxylic acids is 1. The van der Waals surface area contributed by atoms with Gasteiger partial charge in [0, 0.05) is 17.8 Å². The van der Waals surface area contributed by atoms with Gasteiger partial charge in [-0.3, -0.25) is 9.48 Å². The molecule has 0 amide bonds. The van der Waals surface area contributed by atoms with Crippen LogP contribution >= 0.6 is 0 Å². The number of fused-ring (bicyclic) bond motifs is 1. The first kappa shape index (κ1) is 10.2. The van der Waals surface area contributed by atoms with E-state index in [1.165, 1.54) is 0 Å². The number of hydrogen-bond donors (Lipinski definition) is 1. The zero-order chi connectivity index (χ0) is 11.0. The molecule has 0 saturated carbocycles. The molecule has 1 unspecified atom stereocenters. The SMILES string of the molecule is CCn1nc(C)c2c1CCCC2C(=O)O. The standard InChI is InChI=1S/C11H16N2O2/c1-3-13-9-6-4-5-8(11(14)15)10(9)7(2)12-13/h8H,3-6H2,1-2H3,(H,14,15). The summed E-state index contributed by atoms with van der Waals surface area (Å²) in [4.78, 5) is 11.1. The van der Waals surface area contributed by atoms with Crippen molar-refractivity contribution in [3.05, 3.63) is 17.0 Å². The van der Waals surface area contributed by atoms with Crippen molar-refractivity contribution in [3.63, 3.8) is 0 Å². The number of carboxylic acids is 1. The van der Waals surface area contributed by atoms with Crippen LogP contribution in [0.1, 0.15) is 42.6 Å². The summed E-state index contributed by atoms with van der Waals surface area (Å²) in [6.45, 7) is 4.77. The lowest BCUT2D eigenvalue weighted by atomic mass is 9.85. The van der Waals surface area contributed by atoms with Gasteiger partial charge in [0.25, 0.3) is 0 Å². The molecular formula is C11H16N2O2. The average molecular weight is 208 g/mol. The Morgan fingerprint density at radius 1 is 1.67 bits per heavy atom. The molecule has 1 aliphatic carbocycles. The van der Waals surface area contributed by atoms with E-state index in [0.29, 0.717) is 0 Å². The molecule has 1 heterocycles. The van der Waals surface area contributed by atoms with Crippen LogP contribution in [0.3, 0.4) is 0 Å². The molecular weight excluding hydrogens is 192 g/mol. The summed E-state index contributed by atoms with van der Waals surface area (Å²) in [5.74, 6) is -1.05. The minimum atomic E-state index is -0.713. The van der Waals surface area contributed by atoms with Crippen molar-refractivity contribution in [2.24, 2.45) is 0 Å². The van der Waals surface area contributed by atoms with Crippen LogP contribution < -0.4 is 0 Å². The maximum absolute atomic E-state index is 11.1. The van der Waals surface area contributed by atoms with E-state index in [4.69, 9.17) is 5.11 Å². The smallest absolute Gasteiger partial charge is 0.311 e. The molecule has 1 aliphatic rings. The number of nitrogens with zero attached hydrogens (tertiary/aromatic N) is 2. The number of aryl methyl sites for hydroxylation is 2. The number of hydrogen-bond acceptors (Lipinski definition) is 2. The zero-order valence-electron chi connectivity index (χ0n) is 9.16. The number of aromatic nitrogens is 2. The van der Waals surface area contributed by atoms with Gasteiger partial charge >= 0.3 is 5.97 Å². The molecule has 1 atom stereocenters. The first-order chi connectivity index (χ1) is 7.15. The van der Waals surface area contributed by atoms with E-state index in [9.17, 15) is 4.79 Å². The Balaban J connectivity index is 2.51. The first-order valence-corrected chi connectivity index (χ1v) is 5.44. The van der Waals surface area contributed by atoms with E-state index < -0.39 is 5.97 Å². The van der Waals surface area contributed by atoms with Crippen LogP contribution in [0.15, 0.2) is 0 Å². The lowest BCUT2D eigenvalue weighted by Gasteiger charge is -2.20. The monoisotopic (exact) mass is 208 g/mol. The minimum absolute atomic E-state index is 0.339. The van der Waals surface area contributed by atoms with Crippen LogP contribution in [0.25, 0.3) is 0 Å². The highest BCUT2D eigenvalue weighted by molar-refractivity contribution is 5.77. The molecule has 0 saturated heterocycles. The fourth-order valence-electron chi connectivity index (χ4n) is 2.49. The molecule has 1 aromatic heterocycles. The number of rotatable bonds is 2. The van der Waals surface area contributed by atoms with Crippen LogP contribution in [-0.2, 0) is 17.8 Å².